The molecule has 0 aliphatic carbocycles. The van der Waals surface area contributed by atoms with Crippen molar-refractivity contribution in [2.75, 3.05) is 14.2 Å². The van der Waals surface area contributed by atoms with Crippen LogP contribution in [0, 0.1) is 0 Å². The number of hydrogen-bond donors (Lipinski definition) is 0. The SMILES string of the molecule is COc1cccc(-c2noc(CN(C)S(=O)(=O)c3cccs3)n2)c1. The van der Waals surface area contributed by atoms with Crippen molar-refractivity contribution in [1.82, 2.24) is 14.4 Å². The van der Waals surface area contributed by atoms with Gasteiger partial charge in [0.15, 0.2) is 0 Å². The van der Waals surface area contributed by atoms with Gasteiger partial charge in [0.2, 0.25) is 11.7 Å². The topological polar surface area (TPSA) is 85.5 Å². The third-order valence-corrected chi connectivity index (χ3v) is 6.49. The molecule has 9 heteroatoms. The Morgan fingerprint density at radius 2 is 2.12 bits per heavy atom. The quantitative estimate of drug-likeness (QED) is 0.667. The van der Waals surface area contributed by atoms with Gasteiger partial charge < -0.3 is 9.26 Å². The summed E-state index contributed by atoms with van der Waals surface area (Å²) in [6, 6.07) is 10.5. The van der Waals surface area contributed by atoms with Crippen LogP contribution in [0.1, 0.15) is 5.89 Å². The van der Waals surface area contributed by atoms with Gasteiger partial charge in [-0.3, -0.25) is 0 Å². The highest BCUT2D eigenvalue weighted by Crippen LogP contribution is 2.23. The number of methoxy groups -OCH3 is 1. The molecule has 0 unspecified atom stereocenters. The van der Waals surface area contributed by atoms with E-state index in [9.17, 15) is 8.42 Å². The summed E-state index contributed by atoms with van der Waals surface area (Å²) in [6.07, 6.45) is 0. The lowest BCUT2D eigenvalue weighted by atomic mass is 10.2. The van der Waals surface area contributed by atoms with E-state index < -0.39 is 10.0 Å². The van der Waals surface area contributed by atoms with E-state index in [2.05, 4.69) is 10.1 Å². The summed E-state index contributed by atoms with van der Waals surface area (Å²) in [5.41, 5.74) is 0.730. The van der Waals surface area contributed by atoms with Crippen LogP contribution in [-0.2, 0) is 16.6 Å². The molecule has 0 aliphatic heterocycles. The number of thiophene rings is 1. The van der Waals surface area contributed by atoms with Crippen molar-refractivity contribution >= 4 is 21.4 Å². The third kappa shape index (κ3) is 3.32. The summed E-state index contributed by atoms with van der Waals surface area (Å²) >= 11 is 1.16. The number of benzene rings is 1. The van der Waals surface area contributed by atoms with Crippen LogP contribution in [-0.4, -0.2) is 37.0 Å². The van der Waals surface area contributed by atoms with Crippen molar-refractivity contribution < 1.29 is 17.7 Å². The lowest BCUT2D eigenvalue weighted by Crippen LogP contribution is -2.25. The monoisotopic (exact) mass is 365 g/mol. The Labute approximate surface area is 143 Å². The van der Waals surface area contributed by atoms with Crippen LogP contribution in [0.3, 0.4) is 0 Å². The van der Waals surface area contributed by atoms with Crippen molar-refractivity contribution in [2.45, 2.75) is 10.8 Å². The predicted molar refractivity (Wildman–Crippen MR) is 89.3 cm³/mol. The predicted octanol–water partition coefficient (Wildman–Crippen LogP) is 2.63. The summed E-state index contributed by atoms with van der Waals surface area (Å²) in [6.45, 7) is -0.00278. The molecule has 7 nitrogen and oxygen atoms in total. The first kappa shape index (κ1) is 16.6. The molecule has 0 saturated carbocycles. The van der Waals surface area contributed by atoms with E-state index in [0.717, 1.165) is 16.9 Å². The van der Waals surface area contributed by atoms with E-state index in [1.165, 1.54) is 11.4 Å². The van der Waals surface area contributed by atoms with Crippen LogP contribution in [0.4, 0.5) is 0 Å². The molecule has 0 bridgehead atoms. The van der Waals surface area contributed by atoms with E-state index in [4.69, 9.17) is 9.26 Å². The van der Waals surface area contributed by atoms with Gasteiger partial charge in [-0.15, -0.1) is 11.3 Å². The number of nitrogens with zero attached hydrogens (tertiary/aromatic N) is 3. The summed E-state index contributed by atoms with van der Waals surface area (Å²) in [4.78, 5) is 4.25. The minimum atomic E-state index is -3.56. The van der Waals surface area contributed by atoms with E-state index in [1.54, 1.807) is 30.7 Å². The van der Waals surface area contributed by atoms with E-state index >= 15 is 0 Å². The second-order valence-electron chi connectivity index (χ2n) is 4.94. The van der Waals surface area contributed by atoms with Crippen molar-refractivity contribution in [3.05, 3.63) is 47.7 Å². The number of ether oxygens (including phenoxy) is 1. The van der Waals surface area contributed by atoms with Gasteiger partial charge in [-0.1, -0.05) is 23.4 Å². The largest absolute Gasteiger partial charge is 0.497 e. The molecule has 0 saturated heterocycles. The van der Waals surface area contributed by atoms with Gasteiger partial charge in [-0.25, -0.2) is 8.42 Å². The van der Waals surface area contributed by atoms with Gasteiger partial charge >= 0.3 is 0 Å². The number of rotatable bonds is 6. The second kappa shape index (κ2) is 6.71. The van der Waals surface area contributed by atoms with Gasteiger partial charge in [-0.2, -0.15) is 9.29 Å². The van der Waals surface area contributed by atoms with Crippen LogP contribution >= 0.6 is 11.3 Å². The van der Waals surface area contributed by atoms with Gasteiger partial charge in [0.05, 0.1) is 13.7 Å². The zero-order chi connectivity index (χ0) is 17.2. The fourth-order valence-electron chi connectivity index (χ4n) is 2.04. The highest BCUT2D eigenvalue weighted by Gasteiger charge is 2.24. The summed E-state index contributed by atoms with van der Waals surface area (Å²) in [5, 5.41) is 5.62. The van der Waals surface area contributed by atoms with Crippen LogP contribution in [0.15, 0.2) is 50.5 Å². The number of aromatic nitrogens is 2. The lowest BCUT2D eigenvalue weighted by molar-refractivity contribution is 0.337. The standard InChI is InChI=1S/C15H15N3O4S2/c1-18(24(19,20)14-7-4-8-23-14)10-13-16-15(17-22-13)11-5-3-6-12(9-11)21-2/h3-9H,10H2,1-2H3. The Morgan fingerprint density at radius 3 is 2.83 bits per heavy atom. The Kier molecular flexibility index (Phi) is 4.65. The van der Waals surface area contributed by atoms with Crippen molar-refractivity contribution in [2.24, 2.45) is 0 Å². The minimum absolute atomic E-state index is 0.00278. The number of sulfonamides is 1. The zero-order valence-corrected chi connectivity index (χ0v) is 14.7. The first-order valence-electron chi connectivity index (χ1n) is 6.97. The van der Waals surface area contributed by atoms with E-state index in [-0.39, 0.29) is 16.6 Å². The second-order valence-corrected chi connectivity index (χ2v) is 8.16. The maximum atomic E-state index is 12.4. The van der Waals surface area contributed by atoms with Crippen LogP contribution in [0.2, 0.25) is 0 Å². The van der Waals surface area contributed by atoms with Crippen molar-refractivity contribution in [3.63, 3.8) is 0 Å². The molecule has 2 aromatic heterocycles. The first-order chi connectivity index (χ1) is 11.5. The van der Waals surface area contributed by atoms with Crippen molar-refractivity contribution in [3.8, 4) is 17.1 Å². The Balaban J connectivity index is 1.79. The fraction of sp³-hybridized carbons (Fsp3) is 0.200. The summed E-state index contributed by atoms with van der Waals surface area (Å²) in [5.74, 6) is 1.28. The van der Waals surface area contributed by atoms with E-state index in [0.29, 0.717) is 11.6 Å². The molecular formula is C15H15N3O4S2. The van der Waals surface area contributed by atoms with Gasteiger partial charge in [0, 0.05) is 12.6 Å². The molecule has 0 spiro atoms. The summed E-state index contributed by atoms with van der Waals surface area (Å²) in [7, 11) is -0.505. The maximum Gasteiger partial charge on any atom is 0.252 e. The lowest BCUT2D eigenvalue weighted by Gasteiger charge is -2.13. The highest BCUT2D eigenvalue weighted by atomic mass is 32.2. The van der Waals surface area contributed by atoms with Crippen LogP contribution in [0.5, 0.6) is 5.75 Å². The molecule has 3 aromatic rings. The molecular weight excluding hydrogens is 350 g/mol. The van der Waals surface area contributed by atoms with Gasteiger partial charge in [0.1, 0.15) is 9.96 Å². The molecule has 0 aliphatic rings. The zero-order valence-electron chi connectivity index (χ0n) is 13.0. The van der Waals surface area contributed by atoms with Crippen molar-refractivity contribution in [1.29, 1.82) is 0 Å². The molecule has 2 heterocycles. The fourth-order valence-corrected chi connectivity index (χ4v) is 4.36. The highest BCUT2D eigenvalue weighted by molar-refractivity contribution is 7.91. The molecule has 0 atom stereocenters. The van der Waals surface area contributed by atoms with Crippen LogP contribution < -0.4 is 4.74 Å². The molecule has 0 N–H and O–H groups in total. The normalized spacial score (nSPS) is 11.8. The van der Waals surface area contributed by atoms with E-state index in [1.807, 2.05) is 18.2 Å². The molecule has 1 aromatic carbocycles. The maximum absolute atomic E-state index is 12.4. The Bertz CT molecular complexity index is 920. The molecule has 0 amide bonds. The minimum Gasteiger partial charge on any atom is -0.497 e. The average Bonchev–Trinajstić information content (AvgIpc) is 3.27. The third-order valence-electron chi connectivity index (χ3n) is 3.31. The number of hydrogen-bond acceptors (Lipinski definition) is 7. The smallest absolute Gasteiger partial charge is 0.252 e. The average molecular weight is 365 g/mol. The molecule has 0 fully saturated rings. The molecule has 126 valence electrons. The Hall–Kier alpha value is -2.23. The van der Waals surface area contributed by atoms with Gasteiger partial charge in [0.25, 0.3) is 10.0 Å². The summed E-state index contributed by atoms with van der Waals surface area (Å²) < 4.78 is 36.6. The Morgan fingerprint density at radius 1 is 1.29 bits per heavy atom. The first-order valence-corrected chi connectivity index (χ1v) is 9.29. The molecule has 24 heavy (non-hydrogen) atoms. The van der Waals surface area contributed by atoms with Crippen LogP contribution in [0.25, 0.3) is 11.4 Å². The molecule has 0 radical (unpaired) electrons. The molecule has 3 rings (SSSR count). The van der Waals surface area contributed by atoms with Gasteiger partial charge in [-0.05, 0) is 23.6 Å².